The Bertz CT molecular complexity index is 806. The molecule has 0 bridgehead atoms. The third-order valence-corrected chi connectivity index (χ3v) is 6.47. The van der Waals surface area contributed by atoms with E-state index < -0.39 is 0 Å². The first-order chi connectivity index (χ1) is 12.9. The van der Waals surface area contributed by atoms with Crippen LogP contribution in [0.3, 0.4) is 0 Å². The molecular formula is C25H27N. The maximum atomic E-state index is 2.77. The highest BCUT2D eigenvalue weighted by Crippen LogP contribution is 2.38. The van der Waals surface area contributed by atoms with Crippen LogP contribution in [0.25, 0.3) is 17.7 Å². The van der Waals surface area contributed by atoms with Gasteiger partial charge in [0.15, 0.2) is 0 Å². The van der Waals surface area contributed by atoms with Crippen LogP contribution in [0.5, 0.6) is 0 Å². The van der Waals surface area contributed by atoms with E-state index in [1.165, 1.54) is 73.0 Å². The Morgan fingerprint density at radius 2 is 1.38 bits per heavy atom. The highest BCUT2D eigenvalue weighted by atomic mass is 15.2. The lowest BCUT2D eigenvalue weighted by Crippen LogP contribution is -2.47. The summed E-state index contributed by atoms with van der Waals surface area (Å²) in [6.07, 6.45) is 14.0. The zero-order valence-electron chi connectivity index (χ0n) is 15.4. The van der Waals surface area contributed by atoms with Crippen molar-refractivity contribution < 1.29 is 0 Å². The molecule has 0 N–H and O–H groups in total. The van der Waals surface area contributed by atoms with E-state index in [0.29, 0.717) is 5.92 Å². The molecule has 1 aliphatic carbocycles. The van der Waals surface area contributed by atoms with Crippen LogP contribution < -0.4 is 0 Å². The molecule has 2 atom stereocenters. The molecule has 5 rings (SSSR count). The first-order valence-corrected chi connectivity index (χ1v) is 10.2. The second kappa shape index (κ2) is 6.89. The van der Waals surface area contributed by atoms with Gasteiger partial charge in [0.1, 0.15) is 0 Å². The lowest BCUT2D eigenvalue weighted by Gasteiger charge is -2.43. The van der Waals surface area contributed by atoms with E-state index >= 15 is 0 Å². The number of fused-ring (bicyclic) bond motifs is 3. The van der Waals surface area contributed by atoms with Crippen LogP contribution in [0.2, 0.25) is 0 Å². The van der Waals surface area contributed by atoms with E-state index in [2.05, 4.69) is 71.7 Å². The van der Waals surface area contributed by atoms with Gasteiger partial charge in [0, 0.05) is 6.04 Å². The topological polar surface area (TPSA) is 3.24 Å². The SMILES string of the molecule is C1=Cc2ccccc2C(=C[C@@H]2CCCN3CCCC[C@H]23)c2ccccc21. The van der Waals surface area contributed by atoms with Crippen molar-refractivity contribution in [3.8, 4) is 0 Å². The molecule has 132 valence electrons. The molecule has 1 nitrogen and oxygen atoms in total. The molecule has 0 saturated carbocycles. The van der Waals surface area contributed by atoms with Gasteiger partial charge in [-0.05, 0) is 72.5 Å². The molecule has 3 aliphatic rings. The molecule has 2 fully saturated rings. The minimum absolute atomic E-state index is 0.679. The van der Waals surface area contributed by atoms with Crippen LogP contribution in [0, 0.1) is 5.92 Å². The molecule has 2 heterocycles. The average Bonchev–Trinajstić information content (AvgIpc) is 2.86. The Morgan fingerprint density at radius 1 is 0.731 bits per heavy atom. The number of piperidine rings is 2. The number of hydrogen-bond donors (Lipinski definition) is 0. The van der Waals surface area contributed by atoms with Gasteiger partial charge in [-0.15, -0.1) is 0 Å². The minimum Gasteiger partial charge on any atom is -0.300 e. The smallest absolute Gasteiger partial charge is 0.0158 e. The Hall–Kier alpha value is -2.12. The quantitative estimate of drug-likeness (QED) is 0.535. The number of hydrogen-bond acceptors (Lipinski definition) is 1. The summed E-state index contributed by atoms with van der Waals surface area (Å²) in [5, 5.41) is 0. The van der Waals surface area contributed by atoms with E-state index in [0.717, 1.165) is 6.04 Å². The zero-order valence-corrected chi connectivity index (χ0v) is 15.4. The second-order valence-electron chi connectivity index (χ2n) is 7.99. The van der Waals surface area contributed by atoms with Gasteiger partial charge in [0.2, 0.25) is 0 Å². The van der Waals surface area contributed by atoms with Crippen LogP contribution in [0.1, 0.15) is 54.4 Å². The van der Waals surface area contributed by atoms with Gasteiger partial charge in [-0.2, -0.15) is 0 Å². The predicted octanol–water partition coefficient (Wildman–Crippen LogP) is 5.87. The first-order valence-electron chi connectivity index (χ1n) is 10.2. The summed E-state index contributed by atoms with van der Waals surface area (Å²) in [5.41, 5.74) is 6.90. The van der Waals surface area contributed by atoms with Crippen molar-refractivity contribution in [3.05, 3.63) is 76.9 Å². The Kier molecular flexibility index (Phi) is 4.26. The van der Waals surface area contributed by atoms with Gasteiger partial charge in [0.05, 0.1) is 0 Å². The molecular weight excluding hydrogens is 314 g/mol. The van der Waals surface area contributed by atoms with Crippen LogP contribution in [0.4, 0.5) is 0 Å². The normalized spacial score (nSPS) is 25.0. The lowest BCUT2D eigenvalue weighted by atomic mass is 9.80. The first kappa shape index (κ1) is 16.1. The molecule has 2 aromatic carbocycles. The van der Waals surface area contributed by atoms with Gasteiger partial charge in [-0.25, -0.2) is 0 Å². The fourth-order valence-electron chi connectivity index (χ4n) is 5.19. The van der Waals surface area contributed by atoms with Crippen molar-refractivity contribution in [2.24, 2.45) is 5.92 Å². The van der Waals surface area contributed by atoms with Crippen molar-refractivity contribution in [1.82, 2.24) is 4.90 Å². The summed E-state index contributed by atoms with van der Waals surface area (Å²) in [7, 11) is 0. The third-order valence-electron chi connectivity index (χ3n) is 6.47. The molecule has 0 radical (unpaired) electrons. The molecule has 0 amide bonds. The molecule has 2 aliphatic heterocycles. The average molecular weight is 341 g/mol. The van der Waals surface area contributed by atoms with E-state index in [-0.39, 0.29) is 0 Å². The van der Waals surface area contributed by atoms with E-state index in [4.69, 9.17) is 0 Å². The predicted molar refractivity (Wildman–Crippen MR) is 111 cm³/mol. The van der Waals surface area contributed by atoms with Gasteiger partial charge < -0.3 is 0 Å². The fraction of sp³-hybridized carbons (Fsp3) is 0.360. The molecule has 0 unspecified atom stereocenters. The van der Waals surface area contributed by atoms with E-state index in [9.17, 15) is 0 Å². The van der Waals surface area contributed by atoms with Crippen LogP contribution in [-0.2, 0) is 0 Å². The third kappa shape index (κ3) is 2.85. The highest BCUT2D eigenvalue weighted by Gasteiger charge is 2.32. The summed E-state index contributed by atoms with van der Waals surface area (Å²) < 4.78 is 0. The van der Waals surface area contributed by atoms with E-state index in [1.807, 2.05) is 0 Å². The zero-order chi connectivity index (χ0) is 17.3. The number of rotatable bonds is 1. The summed E-state index contributed by atoms with van der Waals surface area (Å²) in [5.74, 6) is 0.679. The second-order valence-corrected chi connectivity index (χ2v) is 7.99. The highest BCUT2D eigenvalue weighted by molar-refractivity contribution is 5.93. The standard InChI is InChI=1S/C25H27N/c1-3-11-22-19(8-1)14-15-20-9-2-4-12-23(20)24(22)18-21-10-7-17-26-16-6-5-13-25(21)26/h1-4,8-9,11-12,14-15,18,21,25H,5-7,10,13,16-17H2/t21-,25+/m0/s1. The maximum Gasteiger partial charge on any atom is 0.0158 e. The number of benzene rings is 2. The monoisotopic (exact) mass is 341 g/mol. The Labute approximate surface area is 157 Å². The Balaban J connectivity index is 1.63. The maximum absolute atomic E-state index is 2.77. The van der Waals surface area contributed by atoms with Gasteiger partial charge in [-0.3, -0.25) is 4.90 Å². The minimum atomic E-state index is 0.679. The molecule has 2 saturated heterocycles. The summed E-state index contributed by atoms with van der Waals surface area (Å²) in [6.45, 7) is 2.61. The number of nitrogens with zero attached hydrogens (tertiary/aromatic N) is 1. The summed E-state index contributed by atoms with van der Waals surface area (Å²) in [4.78, 5) is 2.77. The Morgan fingerprint density at radius 3 is 2.12 bits per heavy atom. The van der Waals surface area contributed by atoms with Crippen LogP contribution in [-0.4, -0.2) is 24.0 Å². The molecule has 2 aromatic rings. The van der Waals surface area contributed by atoms with Crippen LogP contribution in [0.15, 0.2) is 54.6 Å². The molecule has 0 spiro atoms. The van der Waals surface area contributed by atoms with Crippen LogP contribution >= 0.6 is 0 Å². The van der Waals surface area contributed by atoms with Crippen molar-refractivity contribution >= 4 is 17.7 Å². The van der Waals surface area contributed by atoms with Gasteiger partial charge in [0.25, 0.3) is 0 Å². The van der Waals surface area contributed by atoms with E-state index in [1.54, 1.807) is 0 Å². The lowest BCUT2D eigenvalue weighted by molar-refractivity contribution is 0.0786. The molecule has 1 heteroatoms. The molecule has 26 heavy (non-hydrogen) atoms. The fourth-order valence-corrected chi connectivity index (χ4v) is 5.19. The van der Waals surface area contributed by atoms with Crippen molar-refractivity contribution in [1.29, 1.82) is 0 Å². The summed E-state index contributed by atoms with van der Waals surface area (Å²) in [6, 6.07) is 18.5. The summed E-state index contributed by atoms with van der Waals surface area (Å²) >= 11 is 0. The van der Waals surface area contributed by atoms with Crippen molar-refractivity contribution in [2.75, 3.05) is 13.1 Å². The van der Waals surface area contributed by atoms with Crippen molar-refractivity contribution in [2.45, 2.75) is 38.1 Å². The van der Waals surface area contributed by atoms with Gasteiger partial charge >= 0.3 is 0 Å². The van der Waals surface area contributed by atoms with Crippen molar-refractivity contribution in [3.63, 3.8) is 0 Å². The van der Waals surface area contributed by atoms with Gasteiger partial charge in [-0.1, -0.05) is 73.2 Å². The molecule has 0 aromatic heterocycles. The largest absolute Gasteiger partial charge is 0.300 e.